The van der Waals surface area contributed by atoms with Gasteiger partial charge in [0.1, 0.15) is 6.61 Å². The van der Waals surface area contributed by atoms with Gasteiger partial charge in [-0.2, -0.15) is 0 Å². The third-order valence-electron chi connectivity index (χ3n) is 1.51. The van der Waals surface area contributed by atoms with Gasteiger partial charge in [0, 0.05) is 11.8 Å². The standard InChI is InChI=1S/C10H14N2O5/c1-3-11-10(16)12-4-5-17-9(15)7(2)6-8(13)14/h3H,2,4-6H2,1H3,(H,12,16)(H,13,14). The number of urea groups is 1. The van der Waals surface area contributed by atoms with Gasteiger partial charge in [-0.1, -0.05) is 6.58 Å². The van der Waals surface area contributed by atoms with Crippen molar-refractivity contribution in [2.45, 2.75) is 13.3 Å². The van der Waals surface area contributed by atoms with E-state index in [2.05, 4.69) is 21.6 Å². The molecule has 0 atom stereocenters. The van der Waals surface area contributed by atoms with Crippen molar-refractivity contribution in [3.05, 3.63) is 12.2 Å². The first-order chi connectivity index (χ1) is 7.97. The van der Waals surface area contributed by atoms with Gasteiger partial charge >= 0.3 is 18.0 Å². The van der Waals surface area contributed by atoms with Gasteiger partial charge in [-0.3, -0.25) is 4.79 Å². The van der Waals surface area contributed by atoms with E-state index in [-0.39, 0.29) is 18.7 Å². The number of ether oxygens (including phenoxy) is 1. The summed E-state index contributed by atoms with van der Waals surface area (Å²) in [6, 6.07) is -0.534. The third kappa shape index (κ3) is 7.71. The molecule has 0 aromatic rings. The quantitative estimate of drug-likeness (QED) is 0.303. The third-order valence-corrected chi connectivity index (χ3v) is 1.51. The summed E-state index contributed by atoms with van der Waals surface area (Å²) in [5.74, 6) is -1.95. The average molecular weight is 242 g/mol. The number of aliphatic carboxylic acids is 1. The molecule has 0 saturated heterocycles. The molecule has 0 aromatic carbocycles. The van der Waals surface area contributed by atoms with Crippen molar-refractivity contribution in [1.82, 2.24) is 5.32 Å². The molecule has 0 aliphatic carbocycles. The van der Waals surface area contributed by atoms with Crippen LogP contribution in [0.4, 0.5) is 4.79 Å². The van der Waals surface area contributed by atoms with Gasteiger partial charge in [0.25, 0.3) is 0 Å². The van der Waals surface area contributed by atoms with Crippen molar-refractivity contribution in [2.24, 2.45) is 4.99 Å². The molecule has 0 aliphatic heterocycles. The molecule has 0 aromatic heterocycles. The van der Waals surface area contributed by atoms with Crippen LogP contribution in [0.1, 0.15) is 13.3 Å². The molecule has 0 saturated carbocycles. The highest BCUT2D eigenvalue weighted by atomic mass is 16.5. The van der Waals surface area contributed by atoms with Gasteiger partial charge in [0.2, 0.25) is 0 Å². The lowest BCUT2D eigenvalue weighted by molar-refractivity contribution is -0.142. The average Bonchev–Trinajstić information content (AvgIpc) is 2.23. The van der Waals surface area contributed by atoms with Crippen LogP contribution in [0.15, 0.2) is 17.1 Å². The minimum absolute atomic E-state index is 0.0670. The Balaban J connectivity index is 3.75. The van der Waals surface area contributed by atoms with Crippen LogP contribution in [-0.4, -0.2) is 42.4 Å². The summed E-state index contributed by atoms with van der Waals surface area (Å²) in [6.07, 6.45) is 0.862. The molecule has 2 amide bonds. The number of carboxylic acid groups (broad SMARTS) is 1. The predicted octanol–water partition coefficient (Wildman–Crippen LogP) is 0.361. The first-order valence-electron chi connectivity index (χ1n) is 4.80. The highest BCUT2D eigenvalue weighted by Gasteiger charge is 2.11. The van der Waals surface area contributed by atoms with Crippen LogP contribution < -0.4 is 5.32 Å². The summed E-state index contributed by atoms with van der Waals surface area (Å²) in [4.78, 5) is 35.6. The van der Waals surface area contributed by atoms with E-state index in [1.807, 2.05) is 0 Å². The van der Waals surface area contributed by atoms with Crippen LogP contribution in [0.3, 0.4) is 0 Å². The Morgan fingerprint density at radius 1 is 1.47 bits per heavy atom. The summed E-state index contributed by atoms with van der Waals surface area (Å²) in [5.41, 5.74) is -0.143. The number of esters is 1. The number of carbonyl (C=O) groups is 3. The second kappa shape index (κ2) is 8.03. The van der Waals surface area contributed by atoms with Crippen molar-refractivity contribution in [1.29, 1.82) is 0 Å². The van der Waals surface area contributed by atoms with Gasteiger partial charge < -0.3 is 15.2 Å². The molecule has 2 N–H and O–H groups in total. The van der Waals surface area contributed by atoms with Crippen LogP contribution in [0.25, 0.3) is 0 Å². The number of carboxylic acids is 1. The molecule has 0 aliphatic rings. The van der Waals surface area contributed by atoms with Gasteiger partial charge in [-0.05, 0) is 6.92 Å². The zero-order chi connectivity index (χ0) is 13.3. The summed E-state index contributed by atoms with van der Waals surface area (Å²) in [7, 11) is 0. The second-order valence-electron chi connectivity index (χ2n) is 2.93. The first-order valence-corrected chi connectivity index (χ1v) is 4.80. The maximum absolute atomic E-state index is 11.1. The molecule has 7 nitrogen and oxygen atoms in total. The van der Waals surface area contributed by atoms with Crippen LogP contribution >= 0.6 is 0 Å². The van der Waals surface area contributed by atoms with Crippen LogP contribution in [0.2, 0.25) is 0 Å². The molecule has 94 valence electrons. The fourth-order valence-corrected chi connectivity index (χ4v) is 0.821. The highest BCUT2D eigenvalue weighted by Crippen LogP contribution is 2.00. The first kappa shape index (κ1) is 14.8. The summed E-state index contributed by atoms with van der Waals surface area (Å²) >= 11 is 0. The maximum Gasteiger partial charge on any atom is 0.340 e. The molecule has 0 heterocycles. The Kier molecular flexibility index (Phi) is 7.00. The Morgan fingerprint density at radius 2 is 2.12 bits per heavy atom. The zero-order valence-corrected chi connectivity index (χ0v) is 9.43. The number of carbonyl (C=O) groups excluding carboxylic acids is 2. The Labute approximate surface area is 98.2 Å². The normalized spacial score (nSPS) is 9.94. The monoisotopic (exact) mass is 242 g/mol. The molecule has 0 radical (unpaired) electrons. The Hall–Kier alpha value is -2.18. The fraction of sp³-hybridized carbons (Fsp3) is 0.400. The van der Waals surface area contributed by atoms with Crippen molar-refractivity contribution < 1.29 is 24.2 Å². The van der Waals surface area contributed by atoms with Gasteiger partial charge in [-0.25, -0.2) is 14.6 Å². The van der Waals surface area contributed by atoms with Gasteiger partial charge in [0.05, 0.1) is 13.0 Å². The largest absolute Gasteiger partial charge is 0.481 e. The van der Waals surface area contributed by atoms with E-state index >= 15 is 0 Å². The molecular formula is C10H14N2O5. The Morgan fingerprint density at radius 3 is 2.65 bits per heavy atom. The van der Waals surface area contributed by atoms with Crippen molar-refractivity contribution in [2.75, 3.05) is 13.2 Å². The van der Waals surface area contributed by atoms with E-state index in [9.17, 15) is 14.4 Å². The van der Waals surface area contributed by atoms with Crippen molar-refractivity contribution in [3.8, 4) is 0 Å². The van der Waals surface area contributed by atoms with E-state index < -0.39 is 24.4 Å². The summed E-state index contributed by atoms with van der Waals surface area (Å²) < 4.78 is 4.66. The number of nitrogens with zero attached hydrogens (tertiary/aromatic N) is 1. The molecule has 0 rings (SSSR count). The SMILES string of the molecule is C=C(CC(=O)O)C(=O)OCCNC(=O)N=CC. The molecule has 17 heavy (non-hydrogen) atoms. The minimum Gasteiger partial charge on any atom is -0.481 e. The lowest BCUT2D eigenvalue weighted by Crippen LogP contribution is -2.25. The van der Waals surface area contributed by atoms with Crippen LogP contribution in [0, 0.1) is 0 Å². The maximum atomic E-state index is 11.1. The van der Waals surface area contributed by atoms with E-state index in [0.717, 1.165) is 0 Å². The minimum atomic E-state index is -1.16. The molecule has 0 spiro atoms. The number of amides is 2. The highest BCUT2D eigenvalue weighted by molar-refractivity contribution is 5.92. The second-order valence-corrected chi connectivity index (χ2v) is 2.93. The molecule has 0 bridgehead atoms. The topological polar surface area (TPSA) is 105 Å². The number of aliphatic imine (C=N–C) groups is 1. The smallest absolute Gasteiger partial charge is 0.340 e. The molecular weight excluding hydrogens is 228 g/mol. The van der Waals surface area contributed by atoms with Crippen LogP contribution in [0.5, 0.6) is 0 Å². The van der Waals surface area contributed by atoms with Crippen molar-refractivity contribution in [3.63, 3.8) is 0 Å². The number of rotatable bonds is 6. The number of nitrogens with one attached hydrogen (secondary N) is 1. The van der Waals surface area contributed by atoms with Crippen LogP contribution in [-0.2, 0) is 14.3 Å². The Bertz CT molecular complexity index is 349. The van der Waals surface area contributed by atoms with E-state index in [0.29, 0.717) is 0 Å². The predicted molar refractivity (Wildman–Crippen MR) is 59.9 cm³/mol. The number of hydrogen-bond donors (Lipinski definition) is 2. The lowest BCUT2D eigenvalue weighted by Gasteiger charge is -2.05. The van der Waals surface area contributed by atoms with Gasteiger partial charge in [-0.15, -0.1) is 0 Å². The van der Waals surface area contributed by atoms with E-state index in [1.54, 1.807) is 6.92 Å². The summed E-state index contributed by atoms with van der Waals surface area (Å²) in [5, 5.41) is 10.8. The summed E-state index contributed by atoms with van der Waals surface area (Å²) in [6.45, 7) is 4.90. The fourth-order valence-electron chi connectivity index (χ4n) is 0.821. The van der Waals surface area contributed by atoms with Crippen molar-refractivity contribution >= 4 is 24.2 Å². The van der Waals surface area contributed by atoms with Gasteiger partial charge in [0.15, 0.2) is 0 Å². The molecule has 7 heteroatoms. The van der Waals surface area contributed by atoms with E-state index in [4.69, 9.17) is 5.11 Å². The zero-order valence-electron chi connectivity index (χ0n) is 9.43. The molecule has 0 fully saturated rings. The molecule has 0 unspecified atom stereocenters. The van der Waals surface area contributed by atoms with E-state index in [1.165, 1.54) is 6.21 Å². The lowest BCUT2D eigenvalue weighted by atomic mass is 10.2. The number of hydrogen-bond acceptors (Lipinski definition) is 4.